The minimum absolute atomic E-state index is 0.0417. The Morgan fingerprint density at radius 3 is 2.42 bits per heavy atom. The van der Waals surface area contributed by atoms with Crippen LogP contribution in [0.3, 0.4) is 0 Å². The number of nitrogens with one attached hydrogen (secondary N) is 2. The number of benzene rings is 3. The summed E-state index contributed by atoms with van der Waals surface area (Å²) in [7, 11) is -0.910. The fourth-order valence-corrected chi connectivity index (χ4v) is 4.97. The molecule has 0 aliphatic carbocycles. The summed E-state index contributed by atoms with van der Waals surface area (Å²) in [5, 5.41) is 1.06. The van der Waals surface area contributed by atoms with Gasteiger partial charge in [0.2, 0.25) is 10.0 Å². The quantitative estimate of drug-likeness (QED) is 0.432. The highest BCUT2D eigenvalue weighted by Gasteiger charge is 2.24. The van der Waals surface area contributed by atoms with E-state index in [0.717, 1.165) is 22.0 Å². The average molecular weight is 437 g/mol. The molecule has 0 aliphatic heterocycles. The molecule has 0 saturated heterocycles. The maximum Gasteiger partial charge on any atom is 0.244 e. The average Bonchev–Trinajstić information content (AvgIpc) is 3.23. The van der Waals surface area contributed by atoms with Crippen LogP contribution in [-0.4, -0.2) is 34.2 Å². The summed E-state index contributed by atoms with van der Waals surface area (Å²) in [4.78, 5) is 3.33. The molecule has 1 aromatic heterocycles. The first kappa shape index (κ1) is 21.0. The fraction of sp³-hybridized carbons (Fsp3) is 0.167. The van der Waals surface area contributed by atoms with Crippen LogP contribution in [0.2, 0.25) is 0 Å². The highest BCUT2D eigenvalue weighted by molar-refractivity contribution is 7.89. The Morgan fingerprint density at radius 2 is 1.68 bits per heavy atom. The number of aromatic amines is 1. The van der Waals surface area contributed by atoms with Gasteiger partial charge in [-0.1, -0.05) is 48.5 Å². The number of para-hydroxylation sites is 1. The molecule has 0 spiro atoms. The Hall–Kier alpha value is -3.29. The van der Waals surface area contributed by atoms with Gasteiger partial charge in [0, 0.05) is 35.6 Å². The Kier molecular flexibility index (Phi) is 5.97. The number of methoxy groups -OCH3 is 2. The molecule has 160 valence electrons. The lowest BCUT2D eigenvalue weighted by Gasteiger charge is -2.19. The van der Waals surface area contributed by atoms with Crippen molar-refractivity contribution in [2.24, 2.45) is 0 Å². The first-order chi connectivity index (χ1) is 15.0. The number of H-pyrrole nitrogens is 1. The van der Waals surface area contributed by atoms with E-state index < -0.39 is 10.0 Å². The molecule has 4 aromatic rings. The van der Waals surface area contributed by atoms with Crippen LogP contribution in [0.5, 0.6) is 11.5 Å². The molecule has 0 fully saturated rings. The van der Waals surface area contributed by atoms with E-state index in [1.807, 2.05) is 60.8 Å². The van der Waals surface area contributed by atoms with Crippen molar-refractivity contribution >= 4 is 20.9 Å². The van der Waals surface area contributed by atoms with Gasteiger partial charge in [-0.2, -0.15) is 0 Å². The smallest absolute Gasteiger partial charge is 0.244 e. The molecule has 1 unspecified atom stereocenters. The van der Waals surface area contributed by atoms with Crippen LogP contribution < -0.4 is 14.2 Å². The van der Waals surface area contributed by atoms with Crippen molar-refractivity contribution in [2.75, 3.05) is 20.8 Å². The van der Waals surface area contributed by atoms with Gasteiger partial charge in [-0.3, -0.25) is 0 Å². The molecule has 0 aliphatic rings. The number of ether oxygens (including phenoxy) is 2. The monoisotopic (exact) mass is 436 g/mol. The van der Waals surface area contributed by atoms with Gasteiger partial charge in [0.05, 0.1) is 14.2 Å². The van der Waals surface area contributed by atoms with Crippen LogP contribution in [0, 0.1) is 0 Å². The van der Waals surface area contributed by atoms with Gasteiger partial charge in [-0.05, 0) is 29.3 Å². The van der Waals surface area contributed by atoms with Crippen LogP contribution in [0.15, 0.2) is 83.9 Å². The zero-order chi connectivity index (χ0) is 21.8. The van der Waals surface area contributed by atoms with Crippen molar-refractivity contribution in [1.82, 2.24) is 9.71 Å². The highest BCUT2D eigenvalue weighted by atomic mass is 32.2. The van der Waals surface area contributed by atoms with Gasteiger partial charge < -0.3 is 14.5 Å². The second-order valence-corrected chi connectivity index (χ2v) is 8.86. The minimum atomic E-state index is -3.85. The molecule has 0 amide bonds. The van der Waals surface area contributed by atoms with Crippen LogP contribution in [0.25, 0.3) is 10.9 Å². The Labute approximate surface area is 181 Å². The lowest BCUT2D eigenvalue weighted by atomic mass is 9.91. The third kappa shape index (κ3) is 4.28. The molecular formula is C24H24N2O4S. The van der Waals surface area contributed by atoms with E-state index in [0.29, 0.717) is 5.75 Å². The molecule has 1 atom stereocenters. The predicted octanol–water partition coefficient (Wildman–Crippen LogP) is 4.30. The lowest BCUT2D eigenvalue weighted by Crippen LogP contribution is -2.29. The molecule has 2 N–H and O–H groups in total. The molecule has 6 nitrogen and oxygen atoms in total. The number of fused-ring (bicyclic) bond motifs is 1. The van der Waals surface area contributed by atoms with Gasteiger partial charge in [-0.25, -0.2) is 13.1 Å². The van der Waals surface area contributed by atoms with Crippen molar-refractivity contribution in [2.45, 2.75) is 10.8 Å². The zero-order valence-electron chi connectivity index (χ0n) is 17.3. The molecule has 0 radical (unpaired) electrons. The summed E-state index contributed by atoms with van der Waals surface area (Å²) in [6.45, 7) is 0.189. The van der Waals surface area contributed by atoms with E-state index in [4.69, 9.17) is 9.47 Å². The molecule has 3 aromatic carbocycles. The summed E-state index contributed by atoms with van der Waals surface area (Å²) < 4.78 is 39.6. The van der Waals surface area contributed by atoms with Crippen molar-refractivity contribution in [1.29, 1.82) is 0 Å². The zero-order valence-corrected chi connectivity index (χ0v) is 18.1. The van der Waals surface area contributed by atoms with Crippen molar-refractivity contribution in [3.8, 4) is 11.5 Å². The third-order valence-corrected chi connectivity index (χ3v) is 6.78. The first-order valence-corrected chi connectivity index (χ1v) is 11.3. The number of hydrogen-bond acceptors (Lipinski definition) is 4. The van der Waals surface area contributed by atoms with Crippen LogP contribution in [0.4, 0.5) is 0 Å². The van der Waals surface area contributed by atoms with E-state index in [1.165, 1.54) is 20.3 Å². The van der Waals surface area contributed by atoms with Crippen molar-refractivity contribution < 1.29 is 17.9 Å². The largest absolute Gasteiger partial charge is 0.497 e. The van der Waals surface area contributed by atoms with Gasteiger partial charge in [0.15, 0.2) is 0 Å². The summed E-state index contributed by atoms with van der Waals surface area (Å²) in [5.74, 6) is 0.526. The highest BCUT2D eigenvalue weighted by Crippen LogP contribution is 2.32. The molecule has 31 heavy (non-hydrogen) atoms. The second-order valence-electron chi connectivity index (χ2n) is 7.12. The Morgan fingerprint density at radius 1 is 0.935 bits per heavy atom. The van der Waals surface area contributed by atoms with E-state index in [-0.39, 0.29) is 23.1 Å². The fourth-order valence-electron chi connectivity index (χ4n) is 3.74. The van der Waals surface area contributed by atoms with E-state index in [9.17, 15) is 8.42 Å². The predicted molar refractivity (Wildman–Crippen MR) is 121 cm³/mol. The van der Waals surface area contributed by atoms with Gasteiger partial charge in [-0.15, -0.1) is 0 Å². The molecule has 0 saturated carbocycles. The van der Waals surface area contributed by atoms with Crippen LogP contribution >= 0.6 is 0 Å². The first-order valence-electron chi connectivity index (χ1n) is 9.86. The SMILES string of the molecule is COc1ccc(OC)c(S(=O)(=O)NCC(c2ccccc2)c2c[nH]c3ccccc23)c1. The maximum atomic E-state index is 13.2. The minimum Gasteiger partial charge on any atom is -0.497 e. The standard InChI is InChI=1S/C24H24N2O4S/c1-29-18-12-13-23(30-2)24(14-18)31(27,28)26-16-20(17-8-4-3-5-9-17)21-15-25-22-11-7-6-10-19(21)22/h3-15,20,25-26H,16H2,1-2H3. The van der Waals surface area contributed by atoms with E-state index >= 15 is 0 Å². The van der Waals surface area contributed by atoms with Gasteiger partial charge >= 0.3 is 0 Å². The van der Waals surface area contributed by atoms with Gasteiger partial charge in [0.25, 0.3) is 0 Å². The van der Waals surface area contributed by atoms with Gasteiger partial charge in [0.1, 0.15) is 16.4 Å². The molecule has 0 bridgehead atoms. The number of aromatic nitrogens is 1. The number of hydrogen-bond donors (Lipinski definition) is 2. The molecular weight excluding hydrogens is 412 g/mol. The topological polar surface area (TPSA) is 80.4 Å². The Bertz CT molecular complexity index is 1280. The van der Waals surface area contributed by atoms with E-state index in [1.54, 1.807) is 12.1 Å². The number of rotatable bonds is 8. The van der Waals surface area contributed by atoms with Crippen molar-refractivity contribution in [3.63, 3.8) is 0 Å². The Balaban J connectivity index is 1.70. The second kappa shape index (κ2) is 8.83. The van der Waals surface area contributed by atoms with Crippen LogP contribution in [0.1, 0.15) is 17.0 Å². The molecule has 4 rings (SSSR count). The van der Waals surface area contributed by atoms with Crippen LogP contribution in [-0.2, 0) is 10.0 Å². The maximum absolute atomic E-state index is 13.2. The summed E-state index contributed by atoms with van der Waals surface area (Å²) >= 11 is 0. The molecule has 1 heterocycles. The summed E-state index contributed by atoms with van der Waals surface area (Å²) in [5.41, 5.74) is 3.06. The number of sulfonamides is 1. The lowest BCUT2D eigenvalue weighted by molar-refractivity contribution is 0.392. The normalized spacial score (nSPS) is 12.6. The van der Waals surface area contributed by atoms with Crippen molar-refractivity contribution in [3.05, 3.63) is 90.1 Å². The van der Waals surface area contributed by atoms with E-state index in [2.05, 4.69) is 9.71 Å². The summed E-state index contributed by atoms with van der Waals surface area (Å²) in [6, 6.07) is 22.6. The summed E-state index contributed by atoms with van der Waals surface area (Å²) in [6.07, 6.45) is 1.95. The third-order valence-electron chi connectivity index (χ3n) is 5.34. The molecule has 7 heteroatoms.